The van der Waals surface area contributed by atoms with E-state index in [1.807, 2.05) is 30.5 Å². The molecule has 0 spiro atoms. The number of nitrogens with zero attached hydrogens (tertiary/aromatic N) is 2. The summed E-state index contributed by atoms with van der Waals surface area (Å²) in [5, 5.41) is 10.3. The van der Waals surface area contributed by atoms with Gasteiger partial charge in [0.05, 0.1) is 23.3 Å². The molecule has 0 aliphatic rings. The number of sulfonamides is 1. The topological polar surface area (TPSA) is 123 Å². The van der Waals surface area contributed by atoms with Crippen LogP contribution in [-0.2, 0) is 10.0 Å². The summed E-state index contributed by atoms with van der Waals surface area (Å²) in [4.78, 5) is 14.0. The average Bonchev–Trinajstić information content (AvgIpc) is 3.32. The monoisotopic (exact) mass is 496 g/mol. The fraction of sp³-hybridized carbons (Fsp3) is 0.0870. The third-order valence-corrected chi connectivity index (χ3v) is 6.89. The molecule has 1 heterocycles. The molecule has 0 atom stereocenters. The summed E-state index contributed by atoms with van der Waals surface area (Å²) >= 11 is 1.61. The van der Waals surface area contributed by atoms with Crippen LogP contribution in [0.5, 0.6) is 5.75 Å². The zero-order valence-electron chi connectivity index (χ0n) is 18.2. The maximum atomic E-state index is 12.9. The maximum Gasteiger partial charge on any atom is 0.322 e. The second-order valence-electron chi connectivity index (χ2n) is 6.92. The molecule has 11 heteroatoms. The van der Waals surface area contributed by atoms with Gasteiger partial charge in [0.25, 0.3) is 15.9 Å². The molecule has 0 saturated heterocycles. The van der Waals surface area contributed by atoms with Crippen molar-refractivity contribution in [1.82, 2.24) is 10.2 Å². The van der Waals surface area contributed by atoms with Gasteiger partial charge in [-0.05, 0) is 66.9 Å². The molecule has 0 unspecified atom stereocenters. The molecule has 2 N–H and O–H groups in total. The minimum Gasteiger partial charge on any atom is -0.497 e. The van der Waals surface area contributed by atoms with Crippen LogP contribution >= 0.6 is 11.8 Å². The smallest absolute Gasteiger partial charge is 0.322 e. The summed E-state index contributed by atoms with van der Waals surface area (Å²) in [5.74, 6) is 0.162. The predicted octanol–water partition coefficient (Wildman–Crippen LogP) is 4.52. The lowest BCUT2D eigenvalue weighted by Crippen LogP contribution is -2.18. The first kappa shape index (κ1) is 23.3. The lowest BCUT2D eigenvalue weighted by Gasteiger charge is -2.12. The Morgan fingerprint density at radius 1 is 0.971 bits per heavy atom. The standard InChI is InChI=1S/C23H20N4O5S2/c1-31-16-9-13-18(14-10-16)34(29,30)27-20-6-4-3-5-19(20)21(28)24-23-26-25-22(32-23)15-7-11-17(33-2)12-8-15/h3-14,27H,1-2H3,(H,24,26,28). The van der Waals surface area contributed by atoms with Crippen molar-refractivity contribution in [2.75, 3.05) is 23.4 Å². The fourth-order valence-corrected chi connectivity index (χ4v) is 4.51. The summed E-state index contributed by atoms with van der Waals surface area (Å²) in [7, 11) is -2.45. The fourth-order valence-electron chi connectivity index (χ4n) is 3.02. The van der Waals surface area contributed by atoms with Crippen molar-refractivity contribution in [1.29, 1.82) is 0 Å². The molecule has 34 heavy (non-hydrogen) atoms. The highest BCUT2D eigenvalue weighted by atomic mass is 32.2. The van der Waals surface area contributed by atoms with Crippen LogP contribution in [0.25, 0.3) is 11.5 Å². The van der Waals surface area contributed by atoms with Crippen molar-refractivity contribution in [2.24, 2.45) is 0 Å². The molecule has 0 fully saturated rings. The number of methoxy groups -OCH3 is 1. The van der Waals surface area contributed by atoms with Gasteiger partial charge in [-0.3, -0.25) is 14.8 Å². The average molecular weight is 497 g/mol. The molecule has 1 amide bonds. The molecule has 4 rings (SSSR count). The molecule has 3 aromatic carbocycles. The lowest BCUT2D eigenvalue weighted by atomic mass is 10.2. The number of anilines is 2. The Morgan fingerprint density at radius 3 is 2.35 bits per heavy atom. The minimum atomic E-state index is -3.94. The maximum absolute atomic E-state index is 12.9. The van der Waals surface area contributed by atoms with Crippen LogP contribution in [0.2, 0.25) is 0 Å². The third kappa shape index (κ3) is 5.21. The summed E-state index contributed by atoms with van der Waals surface area (Å²) in [6, 6.07) is 19.5. The molecule has 0 bridgehead atoms. The largest absolute Gasteiger partial charge is 0.497 e. The van der Waals surface area contributed by atoms with Gasteiger partial charge in [0, 0.05) is 10.5 Å². The predicted molar refractivity (Wildman–Crippen MR) is 130 cm³/mol. The summed E-state index contributed by atoms with van der Waals surface area (Å²) < 4.78 is 38.7. The summed E-state index contributed by atoms with van der Waals surface area (Å²) in [5.41, 5.74) is 0.894. The molecular weight excluding hydrogens is 476 g/mol. The molecule has 1 aromatic heterocycles. The second kappa shape index (κ2) is 9.98. The number of nitrogens with one attached hydrogen (secondary N) is 2. The number of thioether (sulfide) groups is 1. The van der Waals surface area contributed by atoms with Crippen LogP contribution < -0.4 is 14.8 Å². The van der Waals surface area contributed by atoms with E-state index < -0.39 is 15.9 Å². The van der Waals surface area contributed by atoms with E-state index in [0.29, 0.717) is 11.3 Å². The minimum absolute atomic E-state index is 0.0255. The van der Waals surface area contributed by atoms with Gasteiger partial charge in [-0.1, -0.05) is 17.2 Å². The highest BCUT2D eigenvalue weighted by Gasteiger charge is 2.20. The number of hydrogen-bond acceptors (Lipinski definition) is 8. The number of amides is 1. The number of carbonyl (C=O) groups excluding carboxylic acids is 1. The van der Waals surface area contributed by atoms with Gasteiger partial charge >= 0.3 is 6.01 Å². The molecular formula is C23H20N4O5S2. The van der Waals surface area contributed by atoms with E-state index in [-0.39, 0.29) is 28.1 Å². The van der Waals surface area contributed by atoms with Gasteiger partial charge in [0.2, 0.25) is 5.89 Å². The van der Waals surface area contributed by atoms with Crippen molar-refractivity contribution in [3.8, 4) is 17.2 Å². The molecule has 4 aromatic rings. The van der Waals surface area contributed by atoms with Crippen molar-refractivity contribution >= 4 is 39.4 Å². The SMILES string of the molecule is COc1ccc(S(=O)(=O)Nc2ccccc2C(=O)Nc2nnc(-c3ccc(SC)cc3)o2)cc1. The Labute approximate surface area is 200 Å². The Hall–Kier alpha value is -3.83. The molecule has 9 nitrogen and oxygen atoms in total. The van der Waals surface area contributed by atoms with E-state index in [1.165, 1.54) is 43.5 Å². The van der Waals surface area contributed by atoms with E-state index >= 15 is 0 Å². The Bertz CT molecular complexity index is 1400. The highest BCUT2D eigenvalue weighted by molar-refractivity contribution is 7.98. The van der Waals surface area contributed by atoms with Crippen LogP contribution in [0.1, 0.15) is 10.4 Å². The van der Waals surface area contributed by atoms with Gasteiger partial charge in [-0.15, -0.1) is 16.9 Å². The number of para-hydroxylation sites is 1. The number of benzene rings is 3. The van der Waals surface area contributed by atoms with Crippen LogP contribution in [0.3, 0.4) is 0 Å². The molecule has 0 radical (unpaired) electrons. The van der Waals surface area contributed by atoms with Gasteiger partial charge in [0.15, 0.2) is 0 Å². The zero-order valence-corrected chi connectivity index (χ0v) is 19.8. The summed E-state index contributed by atoms with van der Waals surface area (Å²) in [6.45, 7) is 0. The van der Waals surface area contributed by atoms with Crippen molar-refractivity contribution in [2.45, 2.75) is 9.79 Å². The quantitative estimate of drug-likeness (QED) is 0.341. The number of carbonyl (C=O) groups is 1. The Kier molecular flexibility index (Phi) is 6.85. The van der Waals surface area contributed by atoms with E-state index in [4.69, 9.17) is 9.15 Å². The van der Waals surface area contributed by atoms with Gasteiger partial charge in [-0.25, -0.2) is 8.42 Å². The van der Waals surface area contributed by atoms with Crippen LogP contribution in [-0.4, -0.2) is 37.9 Å². The number of rotatable bonds is 8. The second-order valence-corrected chi connectivity index (χ2v) is 9.48. The normalized spacial score (nSPS) is 11.1. The first-order valence-electron chi connectivity index (χ1n) is 9.95. The summed E-state index contributed by atoms with van der Waals surface area (Å²) in [6.07, 6.45) is 1.98. The van der Waals surface area contributed by atoms with E-state index in [2.05, 4.69) is 20.2 Å². The number of ether oxygens (including phenoxy) is 1. The Balaban J connectivity index is 1.52. The zero-order chi connectivity index (χ0) is 24.1. The first-order chi connectivity index (χ1) is 16.4. The Morgan fingerprint density at radius 2 is 1.68 bits per heavy atom. The van der Waals surface area contributed by atoms with E-state index in [1.54, 1.807) is 23.9 Å². The van der Waals surface area contributed by atoms with Crippen LogP contribution in [0, 0.1) is 0 Å². The van der Waals surface area contributed by atoms with E-state index in [0.717, 1.165) is 4.90 Å². The van der Waals surface area contributed by atoms with Crippen molar-refractivity contribution in [3.63, 3.8) is 0 Å². The van der Waals surface area contributed by atoms with Crippen LogP contribution in [0.4, 0.5) is 11.7 Å². The molecule has 174 valence electrons. The van der Waals surface area contributed by atoms with Gasteiger partial charge in [-0.2, -0.15) is 0 Å². The molecule has 0 aliphatic carbocycles. The van der Waals surface area contributed by atoms with Crippen LogP contribution in [0.15, 0.2) is 87.0 Å². The van der Waals surface area contributed by atoms with Crippen molar-refractivity contribution in [3.05, 3.63) is 78.4 Å². The molecule has 0 saturated carbocycles. The van der Waals surface area contributed by atoms with E-state index in [9.17, 15) is 13.2 Å². The van der Waals surface area contributed by atoms with Crippen molar-refractivity contribution < 1.29 is 22.4 Å². The third-order valence-electron chi connectivity index (χ3n) is 4.77. The highest BCUT2D eigenvalue weighted by Crippen LogP contribution is 2.25. The lowest BCUT2D eigenvalue weighted by molar-refractivity contribution is 0.102. The first-order valence-corrected chi connectivity index (χ1v) is 12.7. The number of aromatic nitrogens is 2. The molecule has 0 aliphatic heterocycles. The number of hydrogen-bond donors (Lipinski definition) is 2. The van der Waals surface area contributed by atoms with Gasteiger partial charge < -0.3 is 9.15 Å². The van der Waals surface area contributed by atoms with Gasteiger partial charge in [0.1, 0.15) is 5.75 Å².